The van der Waals surface area contributed by atoms with Crippen LogP contribution in [-0.2, 0) is 42.2 Å². The van der Waals surface area contributed by atoms with E-state index < -0.39 is 30.9 Å². The molecule has 2 aliphatic heterocycles. The van der Waals surface area contributed by atoms with E-state index in [1.807, 2.05) is 6.07 Å². The molecular formula is C107H94BN5. The van der Waals surface area contributed by atoms with Crippen molar-refractivity contribution in [2.24, 2.45) is 0 Å². The highest BCUT2D eigenvalue weighted by Crippen LogP contribution is 2.46. The van der Waals surface area contributed by atoms with Gasteiger partial charge in [0.2, 0.25) is 0 Å². The summed E-state index contributed by atoms with van der Waals surface area (Å²) >= 11 is 0. The number of hydrogen-bond acceptors (Lipinski definition) is 3. The van der Waals surface area contributed by atoms with E-state index in [2.05, 4.69) is 373 Å². The van der Waals surface area contributed by atoms with Crippen molar-refractivity contribution in [1.82, 2.24) is 9.13 Å². The van der Waals surface area contributed by atoms with Crippen molar-refractivity contribution in [3.8, 4) is 44.8 Å². The Morgan fingerprint density at radius 3 is 1.32 bits per heavy atom. The maximum Gasteiger partial charge on any atom is 0.252 e. The van der Waals surface area contributed by atoms with E-state index in [4.69, 9.17) is 2.74 Å². The van der Waals surface area contributed by atoms with Crippen LogP contribution in [0, 0.1) is 0 Å². The second-order valence-electron chi connectivity index (χ2n) is 34.0. The first kappa shape index (κ1) is 62.1. The minimum atomic E-state index is -0.489. The van der Waals surface area contributed by atoms with E-state index in [9.17, 15) is 8.22 Å². The molecule has 4 heterocycles. The maximum atomic E-state index is 9.84. The lowest BCUT2D eigenvalue weighted by Crippen LogP contribution is -2.62. The Hall–Kier alpha value is -12.6. The average molecular weight is 1470 g/mol. The summed E-state index contributed by atoms with van der Waals surface area (Å²) < 4.78 is 79.7. The zero-order valence-electron chi connectivity index (χ0n) is 73.6. The Kier molecular flexibility index (Phi) is 15.5. The zero-order valence-corrected chi connectivity index (χ0v) is 65.6. The normalized spacial score (nSPS) is 13.8. The lowest BCUT2D eigenvalue weighted by molar-refractivity contribution is 0.569. The van der Waals surface area contributed by atoms with Gasteiger partial charge >= 0.3 is 0 Å². The van der Waals surface area contributed by atoms with E-state index in [1.165, 1.54) is 33.0 Å². The molecule has 0 amide bonds. The molecule has 0 atom stereocenters. The van der Waals surface area contributed by atoms with Crippen molar-refractivity contribution < 1.29 is 11.0 Å². The Bertz CT molecular complexity index is 6820. The summed E-state index contributed by atoms with van der Waals surface area (Å²) in [6.07, 6.45) is 1.28. The van der Waals surface area contributed by atoms with Crippen LogP contribution < -0.4 is 31.1 Å². The van der Waals surface area contributed by atoms with Crippen molar-refractivity contribution in [2.45, 2.75) is 104 Å². The highest BCUT2D eigenvalue weighted by molar-refractivity contribution is 7.00. The summed E-state index contributed by atoms with van der Waals surface area (Å²) in [6.45, 7) is 21.8. The Morgan fingerprint density at radius 2 is 0.752 bits per heavy atom. The van der Waals surface area contributed by atoms with Gasteiger partial charge in [-0.1, -0.05) is 305 Å². The SMILES string of the molecule is [2H]c1c([2H])c([2H])c2c(c1[2H])c1c([2H])c([2H])c([2H])c([2H])c1n2-c1ccc2c(c1)N(Cc1cc(Cc3ccccc3)cc(-c3ccccc3)c1)c1cc(CCN(c3ccccc3)c3ccc(-n4c5ccccc5c5ccccc54)cc3)cc3c1B2c1ccc(-c2cc(C(C)(C)C)cc(C(C)(C)C)c2)cc1N3Cc1cc(-c2ccccc2)cc(C(C)(C)C)c1. The molecule has 6 heteroatoms. The monoisotopic (exact) mass is 1470 g/mol. The van der Waals surface area contributed by atoms with Crippen LogP contribution in [0.25, 0.3) is 88.4 Å². The van der Waals surface area contributed by atoms with Gasteiger partial charge in [0.15, 0.2) is 0 Å². The molecule has 0 radical (unpaired) electrons. The number of anilines is 6. The molecule has 2 aromatic heterocycles. The summed E-state index contributed by atoms with van der Waals surface area (Å²) in [5.41, 5.74) is 28.8. The topological polar surface area (TPSA) is 19.6 Å². The molecular weight excluding hydrogens is 1370 g/mol. The fourth-order valence-electron chi connectivity index (χ4n) is 17.5. The molecule has 15 aromatic carbocycles. The molecule has 0 fully saturated rings. The van der Waals surface area contributed by atoms with Gasteiger partial charge in [0.05, 0.1) is 33.0 Å². The summed E-state index contributed by atoms with van der Waals surface area (Å²) in [5.74, 6) is 0. The molecule has 0 saturated heterocycles. The van der Waals surface area contributed by atoms with Crippen LogP contribution in [0.5, 0.6) is 0 Å². The molecule has 113 heavy (non-hydrogen) atoms. The van der Waals surface area contributed by atoms with E-state index in [0.29, 0.717) is 38.2 Å². The third-order valence-electron chi connectivity index (χ3n) is 23.4. The first-order chi connectivity index (χ1) is 58.2. The zero-order chi connectivity index (χ0) is 83.8. The lowest BCUT2D eigenvalue weighted by atomic mass is 9.33. The molecule has 2 aliphatic rings. The van der Waals surface area contributed by atoms with Crippen LogP contribution >= 0.6 is 0 Å². The standard InChI is InChI=1S/C107H94BN5/c1-105(2,3)83-61-76(60-81(64-83)78-34-18-12-19-35-78)71-110-100-67-79(82-65-84(106(4,5)6)68-85(66-82)107(7,8)9)46-52-94(100)108-95-53-51-89(113-98-44-28-24-40-92(98)93-41-25-29-45-99(93)113)69-101(95)111(70-75-57-74(56-72-30-14-10-15-31-72)58-80(59-75)77-32-16-11-17-33-77)103-63-73(62-102(110)104(103)108)54-55-109(86-36-20-13-21-37-86)87-47-49-88(50-48-87)112-96-42-26-22-38-90(96)91-39-23-27-43-97(91)112/h10-53,57-69H,54-56,70-71H2,1-9H3/i24D,25D,28D,29D,40D,41D,44D,45D. The van der Waals surface area contributed by atoms with Gasteiger partial charge < -0.3 is 23.8 Å². The molecule has 19 rings (SSSR count). The fourth-order valence-corrected chi connectivity index (χ4v) is 17.5. The Balaban J connectivity index is 0.888. The predicted octanol–water partition coefficient (Wildman–Crippen LogP) is 25.6. The van der Waals surface area contributed by atoms with E-state index in [-0.39, 0.29) is 62.2 Å². The molecule has 550 valence electrons. The van der Waals surface area contributed by atoms with Crippen LogP contribution in [0.1, 0.15) is 118 Å². The van der Waals surface area contributed by atoms with Crippen LogP contribution in [-0.4, -0.2) is 22.4 Å². The summed E-state index contributed by atoms with van der Waals surface area (Å²) in [7, 11) is 0. The van der Waals surface area contributed by atoms with E-state index in [1.54, 1.807) is 4.57 Å². The second kappa shape index (κ2) is 28.3. The quantitative estimate of drug-likeness (QED) is 0.0899. The third-order valence-corrected chi connectivity index (χ3v) is 23.4. The number of rotatable bonds is 16. The number of aromatic nitrogens is 2. The largest absolute Gasteiger partial charge is 0.341 e. The first-order valence-electron chi connectivity index (χ1n) is 43.7. The smallest absolute Gasteiger partial charge is 0.252 e. The van der Waals surface area contributed by atoms with Crippen molar-refractivity contribution in [3.05, 3.63) is 390 Å². The predicted molar refractivity (Wildman–Crippen MR) is 482 cm³/mol. The Morgan fingerprint density at radius 1 is 0.310 bits per heavy atom. The summed E-state index contributed by atoms with van der Waals surface area (Å²) in [6, 6.07) is 105. The molecule has 0 spiro atoms. The van der Waals surface area contributed by atoms with Crippen LogP contribution in [0.15, 0.2) is 346 Å². The summed E-state index contributed by atoms with van der Waals surface area (Å²) in [4.78, 5) is 7.55. The number of hydrogen-bond donors (Lipinski definition) is 0. The average Bonchev–Trinajstić information content (AvgIpc) is 1.26. The minimum Gasteiger partial charge on any atom is -0.341 e. The Labute approximate surface area is 677 Å². The molecule has 0 N–H and O–H groups in total. The highest BCUT2D eigenvalue weighted by atomic mass is 15.2. The number of nitrogens with zero attached hydrogens (tertiary/aromatic N) is 5. The van der Waals surface area contributed by atoms with Gasteiger partial charge in [-0.05, 0) is 226 Å². The number of fused-ring (bicyclic) bond motifs is 10. The van der Waals surface area contributed by atoms with Gasteiger partial charge in [0.1, 0.15) is 0 Å². The van der Waals surface area contributed by atoms with Crippen LogP contribution in [0.2, 0.25) is 0 Å². The number of para-hydroxylation sites is 5. The summed E-state index contributed by atoms with van der Waals surface area (Å²) in [5, 5.41) is 2.47. The van der Waals surface area contributed by atoms with Gasteiger partial charge in [-0.15, -0.1) is 0 Å². The molecule has 5 nitrogen and oxygen atoms in total. The van der Waals surface area contributed by atoms with Crippen molar-refractivity contribution in [2.75, 3.05) is 21.2 Å². The van der Waals surface area contributed by atoms with Gasteiger partial charge in [-0.25, -0.2) is 0 Å². The number of benzene rings is 15. The van der Waals surface area contributed by atoms with Crippen molar-refractivity contribution >= 4 is 101 Å². The van der Waals surface area contributed by atoms with Crippen LogP contribution in [0.3, 0.4) is 0 Å². The minimum absolute atomic E-state index is 0.0261. The van der Waals surface area contributed by atoms with Gasteiger partial charge in [-0.2, -0.15) is 0 Å². The molecule has 0 unspecified atom stereocenters. The van der Waals surface area contributed by atoms with Crippen molar-refractivity contribution in [1.29, 1.82) is 0 Å². The van der Waals surface area contributed by atoms with Gasteiger partial charge in [0.25, 0.3) is 6.71 Å². The van der Waals surface area contributed by atoms with E-state index in [0.717, 1.165) is 123 Å². The maximum absolute atomic E-state index is 9.84. The van der Waals surface area contributed by atoms with Gasteiger partial charge in [0, 0.05) is 86.7 Å². The molecule has 0 bridgehead atoms. The first-order valence-corrected chi connectivity index (χ1v) is 39.7. The lowest BCUT2D eigenvalue weighted by Gasteiger charge is -2.45. The second-order valence-corrected chi connectivity index (χ2v) is 34.0. The molecule has 17 aromatic rings. The third kappa shape index (κ3) is 13.3. The van der Waals surface area contributed by atoms with Crippen molar-refractivity contribution in [3.63, 3.8) is 0 Å². The van der Waals surface area contributed by atoms with Crippen LogP contribution in [0.4, 0.5) is 34.1 Å². The fraction of sp³-hybridized carbons (Fsp3) is 0.159. The molecule has 0 aliphatic carbocycles. The molecule has 0 saturated carbocycles. The van der Waals surface area contributed by atoms with Gasteiger partial charge in [-0.3, -0.25) is 0 Å². The highest BCUT2D eigenvalue weighted by Gasteiger charge is 2.44. The van der Waals surface area contributed by atoms with E-state index >= 15 is 0 Å².